The van der Waals surface area contributed by atoms with Gasteiger partial charge >= 0.3 is 0 Å². The lowest BCUT2D eigenvalue weighted by Crippen LogP contribution is -2.13. The third kappa shape index (κ3) is 4.03. The molecular weight excluding hydrogens is 376 g/mol. The third-order valence-corrected chi connectivity index (χ3v) is 6.09. The molecule has 3 rings (SSSR count). The summed E-state index contributed by atoms with van der Waals surface area (Å²) in [4.78, 5) is 0. The van der Waals surface area contributed by atoms with Gasteiger partial charge in [-0.3, -0.25) is 4.72 Å². The molecule has 2 aromatic heterocycles. The summed E-state index contributed by atoms with van der Waals surface area (Å²) in [6, 6.07) is 11.6. The zero-order valence-corrected chi connectivity index (χ0v) is 15.6. The first-order valence-corrected chi connectivity index (χ1v) is 9.77. The van der Waals surface area contributed by atoms with Gasteiger partial charge in [-0.1, -0.05) is 6.07 Å². The smallest absolute Gasteiger partial charge is 0.272 e. The summed E-state index contributed by atoms with van der Waals surface area (Å²) >= 11 is 1.13. The van der Waals surface area contributed by atoms with Crippen LogP contribution in [0.1, 0.15) is 0 Å². The van der Waals surface area contributed by atoms with Crippen LogP contribution < -0.4 is 19.5 Å². The standard InChI is InChI=1S/C16H16N4O4S2/c1-23-11-5-6-12(13(10-11)24-2)17-14-7-8-15(19-18-14)20-26(21,22)16-4-3-9-25-16/h3-10H,1-2H3,(H,17,18)(H,19,20). The fourth-order valence-corrected chi connectivity index (χ4v) is 4.09. The van der Waals surface area contributed by atoms with Crippen molar-refractivity contribution in [1.82, 2.24) is 10.2 Å². The Bertz CT molecular complexity index is 974. The number of nitrogens with one attached hydrogen (secondary N) is 2. The minimum Gasteiger partial charge on any atom is -0.497 e. The van der Waals surface area contributed by atoms with E-state index in [1.807, 2.05) is 0 Å². The average Bonchev–Trinajstić information content (AvgIpc) is 3.19. The molecule has 0 bridgehead atoms. The number of nitrogens with zero attached hydrogens (tertiary/aromatic N) is 2. The molecule has 0 unspecified atom stereocenters. The molecule has 26 heavy (non-hydrogen) atoms. The average molecular weight is 392 g/mol. The maximum absolute atomic E-state index is 12.2. The Morgan fingerprint density at radius 3 is 2.38 bits per heavy atom. The summed E-state index contributed by atoms with van der Waals surface area (Å²) in [7, 11) is -0.526. The van der Waals surface area contributed by atoms with Crippen LogP contribution in [0.5, 0.6) is 11.5 Å². The van der Waals surface area contributed by atoms with Crippen LogP contribution in [0, 0.1) is 0 Å². The maximum atomic E-state index is 12.2. The molecule has 3 aromatic rings. The van der Waals surface area contributed by atoms with Crippen molar-refractivity contribution in [2.24, 2.45) is 0 Å². The van der Waals surface area contributed by atoms with Gasteiger partial charge in [-0.25, -0.2) is 8.42 Å². The molecule has 8 nitrogen and oxygen atoms in total. The van der Waals surface area contributed by atoms with E-state index in [1.165, 1.54) is 12.1 Å². The quantitative estimate of drug-likeness (QED) is 0.637. The molecule has 0 radical (unpaired) electrons. The fraction of sp³-hybridized carbons (Fsp3) is 0.125. The zero-order valence-electron chi connectivity index (χ0n) is 14.0. The molecule has 136 valence electrons. The molecule has 0 spiro atoms. The summed E-state index contributed by atoms with van der Waals surface area (Å²) in [6.07, 6.45) is 0. The van der Waals surface area contributed by atoms with Crippen molar-refractivity contribution in [3.63, 3.8) is 0 Å². The molecule has 0 saturated heterocycles. The number of ether oxygens (including phenoxy) is 2. The van der Waals surface area contributed by atoms with Crippen LogP contribution >= 0.6 is 11.3 Å². The van der Waals surface area contributed by atoms with Crippen LogP contribution in [0.3, 0.4) is 0 Å². The van der Waals surface area contributed by atoms with E-state index in [9.17, 15) is 8.42 Å². The van der Waals surface area contributed by atoms with E-state index in [4.69, 9.17) is 9.47 Å². The van der Waals surface area contributed by atoms with Crippen LogP contribution in [-0.4, -0.2) is 32.8 Å². The van der Waals surface area contributed by atoms with E-state index >= 15 is 0 Å². The van der Waals surface area contributed by atoms with Crippen molar-refractivity contribution >= 4 is 38.7 Å². The lowest BCUT2D eigenvalue weighted by Gasteiger charge is -2.12. The predicted octanol–water partition coefficient (Wildman–Crippen LogP) is 3.10. The van der Waals surface area contributed by atoms with E-state index < -0.39 is 10.0 Å². The largest absolute Gasteiger partial charge is 0.497 e. The van der Waals surface area contributed by atoms with Gasteiger partial charge in [-0.15, -0.1) is 21.5 Å². The molecule has 0 aliphatic heterocycles. The van der Waals surface area contributed by atoms with E-state index in [0.29, 0.717) is 23.0 Å². The number of rotatable bonds is 7. The fourth-order valence-electron chi connectivity index (χ4n) is 2.10. The molecule has 2 N–H and O–H groups in total. The van der Waals surface area contributed by atoms with Gasteiger partial charge in [0.15, 0.2) is 11.6 Å². The van der Waals surface area contributed by atoms with Crippen molar-refractivity contribution in [2.75, 3.05) is 24.3 Å². The normalized spacial score (nSPS) is 11.0. The Morgan fingerprint density at radius 2 is 1.77 bits per heavy atom. The van der Waals surface area contributed by atoms with Gasteiger partial charge in [0.2, 0.25) is 0 Å². The Morgan fingerprint density at radius 1 is 1.00 bits per heavy atom. The molecule has 0 aliphatic rings. The van der Waals surface area contributed by atoms with Crippen LogP contribution in [0.25, 0.3) is 0 Å². The number of anilines is 3. The summed E-state index contributed by atoms with van der Waals surface area (Å²) < 4.78 is 37.4. The second-order valence-electron chi connectivity index (χ2n) is 5.03. The molecule has 2 heterocycles. The van der Waals surface area contributed by atoms with E-state index in [1.54, 1.807) is 49.9 Å². The molecule has 0 saturated carbocycles. The molecule has 1 aromatic carbocycles. The van der Waals surface area contributed by atoms with Crippen molar-refractivity contribution in [3.8, 4) is 11.5 Å². The van der Waals surface area contributed by atoms with Gasteiger partial charge in [-0.05, 0) is 35.7 Å². The van der Waals surface area contributed by atoms with Crippen LogP contribution in [0.4, 0.5) is 17.3 Å². The highest BCUT2D eigenvalue weighted by atomic mass is 32.2. The maximum Gasteiger partial charge on any atom is 0.272 e. The van der Waals surface area contributed by atoms with Gasteiger partial charge < -0.3 is 14.8 Å². The number of methoxy groups -OCH3 is 2. The van der Waals surface area contributed by atoms with Crippen LogP contribution in [0.15, 0.2) is 52.1 Å². The molecule has 0 aliphatic carbocycles. The van der Waals surface area contributed by atoms with Crippen molar-refractivity contribution in [1.29, 1.82) is 0 Å². The van der Waals surface area contributed by atoms with Gasteiger partial charge in [0.05, 0.1) is 19.9 Å². The number of sulfonamides is 1. The first-order chi connectivity index (χ1) is 12.5. The number of thiophene rings is 1. The Kier molecular flexibility index (Phi) is 5.24. The SMILES string of the molecule is COc1ccc(Nc2ccc(NS(=O)(=O)c3cccs3)nn2)c(OC)c1. The summed E-state index contributed by atoms with van der Waals surface area (Å²) in [5.74, 6) is 1.81. The Balaban J connectivity index is 1.74. The second kappa shape index (κ2) is 7.58. The van der Waals surface area contributed by atoms with Crippen molar-refractivity contribution in [2.45, 2.75) is 4.21 Å². The number of hydrogen-bond acceptors (Lipinski definition) is 8. The first kappa shape index (κ1) is 18.0. The van der Waals surface area contributed by atoms with Crippen LogP contribution in [0.2, 0.25) is 0 Å². The van der Waals surface area contributed by atoms with E-state index in [2.05, 4.69) is 20.2 Å². The van der Waals surface area contributed by atoms with Gasteiger partial charge in [0.1, 0.15) is 15.7 Å². The molecule has 0 atom stereocenters. The lowest BCUT2D eigenvalue weighted by molar-refractivity contribution is 0.395. The van der Waals surface area contributed by atoms with Gasteiger partial charge in [0, 0.05) is 6.07 Å². The second-order valence-corrected chi connectivity index (χ2v) is 7.89. The molecule has 0 amide bonds. The zero-order chi connectivity index (χ0) is 18.6. The highest BCUT2D eigenvalue weighted by Crippen LogP contribution is 2.31. The molecule has 10 heteroatoms. The first-order valence-electron chi connectivity index (χ1n) is 7.41. The monoisotopic (exact) mass is 392 g/mol. The predicted molar refractivity (Wildman–Crippen MR) is 100.0 cm³/mol. The minimum atomic E-state index is -3.65. The summed E-state index contributed by atoms with van der Waals surface area (Å²) in [5, 5.41) is 12.6. The highest BCUT2D eigenvalue weighted by molar-refractivity contribution is 7.94. The van der Waals surface area contributed by atoms with Gasteiger partial charge in [0.25, 0.3) is 10.0 Å². The number of benzene rings is 1. The summed E-state index contributed by atoms with van der Waals surface area (Å²) in [5.41, 5.74) is 0.675. The topological polar surface area (TPSA) is 102 Å². The minimum absolute atomic E-state index is 0.130. The van der Waals surface area contributed by atoms with Crippen molar-refractivity contribution in [3.05, 3.63) is 47.8 Å². The van der Waals surface area contributed by atoms with Crippen molar-refractivity contribution < 1.29 is 17.9 Å². The highest BCUT2D eigenvalue weighted by Gasteiger charge is 2.16. The number of hydrogen-bond donors (Lipinski definition) is 2. The third-order valence-electron chi connectivity index (χ3n) is 3.33. The van der Waals surface area contributed by atoms with E-state index in [-0.39, 0.29) is 10.0 Å². The van der Waals surface area contributed by atoms with Gasteiger partial charge in [-0.2, -0.15) is 0 Å². The summed E-state index contributed by atoms with van der Waals surface area (Å²) in [6.45, 7) is 0. The van der Waals surface area contributed by atoms with E-state index in [0.717, 1.165) is 11.3 Å². The number of aromatic nitrogens is 2. The molecular formula is C16H16N4O4S2. The Hall–Kier alpha value is -2.85. The van der Waals surface area contributed by atoms with Crippen LogP contribution in [-0.2, 0) is 10.0 Å². The lowest BCUT2D eigenvalue weighted by atomic mass is 10.2. The molecule has 0 fully saturated rings. The Labute approximate surface area is 154 Å².